The van der Waals surface area contributed by atoms with E-state index in [1.54, 1.807) is 17.8 Å². The van der Waals surface area contributed by atoms with Gasteiger partial charge in [0.2, 0.25) is 0 Å². The molecule has 0 N–H and O–H groups in total. The average Bonchev–Trinajstić information content (AvgIpc) is 3.33. The molecule has 3 aliphatic heterocycles. The first-order valence-electron chi connectivity index (χ1n) is 13.9. The van der Waals surface area contributed by atoms with Crippen LogP contribution in [0.2, 0.25) is 0 Å². The molecule has 3 aliphatic rings. The van der Waals surface area contributed by atoms with Gasteiger partial charge in [-0.2, -0.15) is 5.10 Å². The maximum absolute atomic E-state index is 13.2. The monoisotopic (exact) mass is 555 g/mol. The average molecular weight is 556 g/mol. The second-order valence-electron chi connectivity index (χ2n) is 11.3. The van der Waals surface area contributed by atoms with E-state index in [1.807, 2.05) is 86.3 Å². The number of ether oxygens (including phenoxy) is 3. The van der Waals surface area contributed by atoms with E-state index in [1.165, 1.54) is 0 Å². The summed E-state index contributed by atoms with van der Waals surface area (Å²) in [6, 6.07) is 18.9. The van der Waals surface area contributed by atoms with Crippen molar-refractivity contribution < 1.29 is 23.8 Å². The molecule has 2 bridgehead atoms. The largest absolute Gasteiger partial charge is 0.461 e. The zero-order valence-electron chi connectivity index (χ0n) is 23.6. The second kappa shape index (κ2) is 10.4. The first-order valence-corrected chi connectivity index (χ1v) is 13.9. The second-order valence-corrected chi connectivity index (χ2v) is 11.3. The molecule has 41 heavy (non-hydrogen) atoms. The summed E-state index contributed by atoms with van der Waals surface area (Å²) < 4.78 is 18.6. The third-order valence-corrected chi connectivity index (χ3v) is 7.21. The maximum Gasteiger partial charge on any atom is 0.410 e. The number of para-hydroxylation sites is 1. The lowest BCUT2D eigenvalue weighted by Gasteiger charge is -2.56. The van der Waals surface area contributed by atoms with Crippen molar-refractivity contribution in [2.75, 3.05) is 24.6 Å². The molecule has 0 radical (unpaired) electrons. The third-order valence-electron chi connectivity index (χ3n) is 7.21. The highest BCUT2D eigenvalue weighted by Gasteiger charge is 2.49. The molecule has 212 valence electrons. The first kappa shape index (κ1) is 26.6. The summed E-state index contributed by atoms with van der Waals surface area (Å²) in [6.07, 6.45) is 2.35. The lowest BCUT2D eigenvalue weighted by Crippen LogP contribution is -2.70. The van der Waals surface area contributed by atoms with Gasteiger partial charge in [0, 0.05) is 19.3 Å². The van der Waals surface area contributed by atoms with Gasteiger partial charge < -0.3 is 19.1 Å². The molecule has 0 spiro atoms. The van der Waals surface area contributed by atoms with Gasteiger partial charge in [-0.15, -0.1) is 0 Å². The highest BCUT2D eigenvalue weighted by atomic mass is 16.6. The number of carbonyl (C=O) groups is 2. The molecule has 1 amide bonds. The molecule has 2 aromatic heterocycles. The molecular formula is C31H33N5O5. The number of piperazine rings is 1. The molecule has 5 heterocycles. The number of rotatable bonds is 6. The summed E-state index contributed by atoms with van der Waals surface area (Å²) in [7, 11) is 0. The number of nitrogens with zero attached hydrogens (tertiary/aromatic N) is 5. The topological polar surface area (TPSA) is 99.0 Å². The van der Waals surface area contributed by atoms with Crippen molar-refractivity contribution in [2.24, 2.45) is 0 Å². The van der Waals surface area contributed by atoms with Crippen LogP contribution in [0.5, 0.6) is 11.5 Å². The van der Waals surface area contributed by atoms with E-state index in [2.05, 4.69) is 9.88 Å². The van der Waals surface area contributed by atoms with Crippen LogP contribution in [0.1, 0.15) is 44.6 Å². The fourth-order valence-corrected chi connectivity index (χ4v) is 5.49. The number of carbonyl (C=O) groups excluding carboxylic acids is 2. The van der Waals surface area contributed by atoms with Crippen molar-refractivity contribution in [1.29, 1.82) is 0 Å². The fraction of sp³-hybridized carbons (Fsp3) is 0.355. The summed E-state index contributed by atoms with van der Waals surface area (Å²) >= 11 is 0. The molecule has 3 saturated heterocycles. The number of anilines is 1. The number of hydrogen-bond acceptors (Lipinski definition) is 8. The van der Waals surface area contributed by atoms with Crippen molar-refractivity contribution in [3.63, 3.8) is 0 Å². The van der Waals surface area contributed by atoms with Crippen LogP contribution in [0, 0.1) is 0 Å². The van der Waals surface area contributed by atoms with Gasteiger partial charge in [0.05, 0.1) is 30.1 Å². The zero-order valence-corrected chi connectivity index (χ0v) is 23.6. The number of pyridine rings is 1. The Labute approximate surface area is 238 Å². The van der Waals surface area contributed by atoms with Crippen molar-refractivity contribution in [3.8, 4) is 17.2 Å². The SMILES string of the molecule is CCOC(=O)c1c2nccc(N3CC4CC(C3)N4C(=O)OC(C)(C)C)c2nn1-c1ccc(Oc2ccccc2)cc1. The summed E-state index contributed by atoms with van der Waals surface area (Å²) in [5.74, 6) is 0.896. The van der Waals surface area contributed by atoms with Crippen LogP contribution in [0.15, 0.2) is 66.9 Å². The Morgan fingerprint density at radius 2 is 1.61 bits per heavy atom. The molecule has 3 fully saturated rings. The predicted molar refractivity (Wildman–Crippen MR) is 154 cm³/mol. The quantitative estimate of drug-likeness (QED) is 0.284. The van der Waals surface area contributed by atoms with Gasteiger partial charge in [-0.3, -0.25) is 9.88 Å². The van der Waals surface area contributed by atoms with Gasteiger partial charge in [-0.05, 0) is 76.6 Å². The Hall–Kier alpha value is -4.60. The van der Waals surface area contributed by atoms with Gasteiger partial charge in [-0.25, -0.2) is 14.3 Å². The van der Waals surface area contributed by atoms with Gasteiger partial charge in [0.1, 0.15) is 28.1 Å². The van der Waals surface area contributed by atoms with E-state index in [9.17, 15) is 9.59 Å². The number of piperidine rings is 1. The summed E-state index contributed by atoms with van der Waals surface area (Å²) in [5.41, 5.74) is 2.33. The molecular weight excluding hydrogens is 522 g/mol. The predicted octanol–water partition coefficient (Wildman–Crippen LogP) is 5.59. The smallest absolute Gasteiger partial charge is 0.410 e. The van der Waals surface area contributed by atoms with E-state index < -0.39 is 11.6 Å². The summed E-state index contributed by atoms with van der Waals surface area (Å²) in [5, 5.41) is 4.88. The van der Waals surface area contributed by atoms with Crippen LogP contribution in [0.3, 0.4) is 0 Å². The number of hydrogen-bond donors (Lipinski definition) is 0. The number of esters is 1. The van der Waals surface area contributed by atoms with Gasteiger partial charge in [0.15, 0.2) is 5.69 Å². The first-order chi connectivity index (χ1) is 19.7. The fourth-order valence-electron chi connectivity index (χ4n) is 5.49. The summed E-state index contributed by atoms with van der Waals surface area (Å²) in [4.78, 5) is 34.6. The number of aromatic nitrogens is 3. The normalized spacial score (nSPS) is 18.1. The van der Waals surface area contributed by atoms with E-state index in [-0.39, 0.29) is 30.5 Å². The van der Waals surface area contributed by atoms with Crippen LogP contribution in [0.25, 0.3) is 16.7 Å². The van der Waals surface area contributed by atoms with Crippen LogP contribution >= 0.6 is 0 Å². The van der Waals surface area contributed by atoms with E-state index >= 15 is 0 Å². The van der Waals surface area contributed by atoms with Gasteiger partial charge >= 0.3 is 12.1 Å². The van der Waals surface area contributed by atoms with Crippen molar-refractivity contribution in [3.05, 3.63) is 72.6 Å². The minimum atomic E-state index is -0.542. The highest BCUT2D eigenvalue weighted by Crippen LogP contribution is 2.38. The molecule has 10 heteroatoms. The van der Waals surface area contributed by atoms with Crippen LogP contribution in [0.4, 0.5) is 10.5 Å². The molecule has 10 nitrogen and oxygen atoms in total. The lowest BCUT2D eigenvalue weighted by atomic mass is 9.87. The zero-order chi connectivity index (χ0) is 28.7. The van der Waals surface area contributed by atoms with Crippen LogP contribution in [-0.2, 0) is 9.47 Å². The Morgan fingerprint density at radius 1 is 0.927 bits per heavy atom. The van der Waals surface area contributed by atoms with Crippen LogP contribution in [-0.4, -0.2) is 69.1 Å². The van der Waals surface area contributed by atoms with E-state index in [0.717, 1.165) is 17.9 Å². The van der Waals surface area contributed by atoms with E-state index in [0.29, 0.717) is 35.6 Å². The van der Waals surface area contributed by atoms with Gasteiger partial charge in [-0.1, -0.05) is 18.2 Å². The maximum atomic E-state index is 13.2. The van der Waals surface area contributed by atoms with E-state index in [4.69, 9.17) is 19.3 Å². The Bertz CT molecular complexity index is 1570. The molecule has 2 aromatic carbocycles. The molecule has 2 atom stereocenters. The minimum absolute atomic E-state index is 0.0515. The number of benzene rings is 2. The molecule has 2 unspecified atom stereocenters. The minimum Gasteiger partial charge on any atom is -0.461 e. The van der Waals surface area contributed by atoms with Crippen LogP contribution < -0.4 is 9.64 Å². The third kappa shape index (κ3) is 5.17. The van der Waals surface area contributed by atoms with Crippen molar-refractivity contribution >= 4 is 28.8 Å². The Kier molecular flexibility index (Phi) is 6.76. The Balaban J connectivity index is 1.31. The van der Waals surface area contributed by atoms with Crippen molar-refractivity contribution in [1.82, 2.24) is 19.7 Å². The lowest BCUT2D eigenvalue weighted by molar-refractivity contribution is -0.0379. The number of fused-ring (bicyclic) bond motifs is 3. The standard InChI is InChI=1S/C31H33N5O5/c1-5-39-29(37)28-27-26(33-36(28)20-11-13-24(14-12-20)40-23-9-7-6-8-10-23)25(15-16-32-27)34-18-21-17-22(19-34)35(21)30(38)41-31(2,3)4/h6-16,21-22H,5,17-19H2,1-4H3. The molecule has 4 aromatic rings. The number of amides is 1. The highest BCUT2D eigenvalue weighted by molar-refractivity contribution is 6.04. The molecule has 0 saturated carbocycles. The Morgan fingerprint density at radius 3 is 2.27 bits per heavy atom. The summed E-state index contributed by atoms with van der Waals surface area (Å²) in [6.45, 7) is 8.91. The molecule has 0 aliphatic carbocycles. The van der Waals surface area contributed by atoms with Crippen molar-refractivity contribution in [2.45, 2.75) is 51.8 Å². The van der Waals surface area contributed by atoms with Gasteiger partial charge in [0.25, 0.3) is 0 Å². The molecule has 7 rings (SSSR count).